The summed E-state index contributed by atoms with van der Waals surface area (Å²) in [5.41, 5.74) is 1.81. The molecule has 1 aromatic carbocycles. The van der Waals surface area contributed by atoms with Crippen molar-refractivity contribution in [3.05, 3.63) is 42.5 Å². The first kappa shape index (κ1) is 17.2. The van der Waals surface area contributed by atoms with E-state index in [1.165, 1.54) is 7.11 Å². The molecular formula is C16H24N2O3. The van der Waals surface area contributed by atoms with E-state index in [1.54, 1.807) is 6.08 Å². The Labute approximate surface area is 126 Å². The van der Waals surface area contributed by atoms with Crippen LogP contribution in [0.25, 0.3) is 0 Å². The molecule has 0 aliphatic heterocycles. The van der Waals surface area contributed by atoms with E-state index in [0.29, 0.717) is 6.54 Å². The van der Waals surface area contributed by atoms with Crippen molar-refractivity contribution in [3.8, 4) is 0 Å². The Morgan fingerprint density at radius 1 is 1.43 bits per heavy atom. The molecule has 2 unspecified atom stereocenters. The van der Waals surface area contributed by atoms with Crippen LogP contribution in [0.4, 0.5) is 5.69 Å². The fourth-order valence-electron chi connectivity index (χ4n) is 1.99. The highest BCUT2D eigenvalue weighted by Gasteiger charge is 2.23. The summed E-state index contributed by atoms with van der Waals surface area (Å²) >= 11 is 0. The third kappa shape index (κ3) is 5.21. The molecule has 0 heterocycles. The van der Waals surface area contributed by atoms with Crippen LogP contribution in [0.5, 0.6) is 0 Å². The first-order chi connectivity index (χ1) is 9.99. The molecule has 21 heavy (non-hydrogen) atoms. The molecule has 5 heteroatoms. The van der Waals surface area contributed by atoms with Crippen molar-refractivity contribution in [2.24, 2.45) is 0 Å². The third-order valence-electron chi connectivity index (χ3n) is 3.27. The van der Waals surface area contributed by atoms with Gasteiger partial charge >= 0.3 is 5.97 Å². The van der Waals surface area contributed by atoms with E-state index in [4.69, 9.17) is 0 Å². The van der Waals surface area contributed by atoms with Crippen molar-refractivity contribution >= 4 is 11.7 Å². The average Bonchev–Trinajstić information content (AvgIpc) is 2.50. The van der Waals surface area contributed by atoms with Gasteiger partial charge in [0.25, 0.3) is 0 Å². The predicted octanol–water partition coefficient (Wildman–Crippen LogP) is 1.49. The number of hydrogen-bond donors (Lipinski definition) is 2. The minimum Gasteiger partial charge on any atom is -0.469 e. The standard InChI is InChI=1S/C16H24N2O3/c1-5-10-17-14(11-15(19)21-4)16(20)12-6-8-13(9-7-12)18(2)3/h5-9,14,16-17,20H,1,10-11H2,2-4H3. The summed E-state index contributed by atoms with van der Waals surface area (Å²) in [4.78, 5) is 13.4. The number of carbonyl (C=O) groups is 1. The van der Waals surface area contributed by atoms with Crippen LogP contribution in [0.3, 0.4) is 0 Å². The van der Waals surface area contributed by atoms with Gasteiger partial charge in [0.05, 0.1) is 19.6 Å². The SMILES string of the molecule is C=CCNC(CC(=O)OC)C(O)c1ccc(N(C)C)cc1. The minimum absolute atomic E-state index is 0.0982. The molecule has 2 N–H and O–H groups in total. The van der Waals surface area contributed by atoms with Crippen molar-refractivity contribution in [3.63, 3.8) is 0 Å². The lowest BCUT2D eigenvalue weighted by atomic mass is 9.99. The van der Waals surface area contributed by atoms with E-state index in [0.717, 1.165) is 11.3 Å². The summed E-state index contributed by atoms with van der Waals surface area (Å²) < 4.78 is 4.67. The molecule has 1 aromatic rings. The van der Waals surface area contributed by atoms with E-state index in [1.807, 2.05) is 43.3 Å². The Kier molecular flexibility index (Phi) is 6.91. The molecule has 5 nitrogen and oxygen atoms in total. The molecule has 0 amide bonds. The normalized spacial score (nSPS) is 13.3. The van der Waals surface area contributed by atoms with Gasteiger partial charge in [-0.05, 0) is 17.7 Å². The Morgan fingerprint density at radius 3 is 2.52 bits per heavy atom. The van der Waals surface area contributed by atoms with Crippen LogP contribution in [0, 0.1) is 0 Å². The molecule has 1 rings (SSSR count). The molecule has 0 spiro atoms. The summed E-state index contributed by atoms with van der Waals surface area (Å²) in [6, 6.07) is 7.17. The maximum atomic E-state index is 11.5. The number of hydrogen-bond acceptors (Lipinski definition) is 5. The van der Waals surface area contributed by atoms with Crippen molar-refractivity contribution in [1.82, 2.24) is 5.32 Å². The number of ether oxygens (including phenoxy) is 1. The van der Waals surface area contributed by atoms with Gasteiger partial charge in [-0.3, -0.25) is 4.79 Å². The molecule has 0 aliphatic rings. The molecule has 0 aliphatic carbocycles. The molecular weight excluding hydrogens is 268 g/mol. The van der Waals surface area contributed by atoms with Crippen LogP contribution in [-0.2, 0) is 9.53 Å². The Bertz CT molecular complexity index is 457. The van der Waals surface area contributed by atoms with Gasteiger partial charge in [0.2, 0.25) is 0 Å². The van der Waals surface area contributed by atoms with Gasteiger partial charge in [0.1, 0.15) is 0 Å². The highest BCUT2D eigenvalue weighted by Crippen LogP contribution is 2.22. The molecule has 0 saturated heterocycles. The lowest BCUT2D eigenvalue weighted by Gasteiger charge is -2.24. The Hall–Kier alpha value is -1.85. The zero-order valence-electron chi connectivity index (χ0n) is 12.9. The van der Waals surface area contributed by atoms with Crippen LogP contribution in [-0.4, -0.2) is 44.9 Å². The van der Waals surface area contributed by atoms with Crippen molar-refractivity contribution in [1.29, 1.82) is 0 Å². The number of anilines is 1. The highest BCUT2D eigenvalue weighted by atomic mass is 16.5. The maximum Gasteiger partial charge on any atom is 0.307 e. The van der Waals surface area contributed by atoms with E-state index in [9.17, 15) is 9.90 Å². The number of aliphatic hydroxyl groups excluding tert-OH is 1. The molecule has 0 aromatic heterocycles. The summed E-state index contributed by atoms with van der Waals surface area (Å²) in [6.45, 7) is 4.14. The molecule has 0 radical (unpaired) electrons. The number of rotatable bonds is 8. The molecule has 0 saturated carbocycles. The predicted molar refractivity (Wildman–Crippen MR) is 84.3 cm³/mol. The van der Waals surface area contributed by atoms with Crippen molar-refractivity contribution in [2.45, 2.75) is 18.6 Å². The van der Waals surface area contributed by atoms with Crippen LogP contribution in [0.1, 0.15) is 18.1 Å². The van der Waals surface area contributed by atoms with Crippen molar-refractivity contribution in [2.75, 3.05) is 32.6 Å². The van der Waals surface area contributed by atoms with Gasteiger partial charge in [-0.25, -0.2) is 0 Å². The number of nitrogens with one attached hydrogen (secondary N) is 1. The highest BCUT2D eigenvalue weighted by molar-refractivity contribution is 5.70. The van der Waals surface area contributed by atoms with Gasteiger partial charge in [-0.2, -0.15) is 0 Å². The lowest BCUT2D eigenvalue weighted by molar-refractivity contribution is -0.142. The molecule has 116 valence electrons. The van der Waals surface area contributed by atoms with Gasteiger partial charge in [-0.1, -0.05) is 18.2 Å². The van der Waals surface area contributed by atoms with E-state index in [-0.39, 0.29) is 12.4 Å². The second kappa shape index (κ2) is 8.44. The van der Waals surface area contributed by atoms with E-state index >= 15 is 0 Å². The summed E-state index contributed by atoms with van der Waals surface area (Å²) in [5.74, 6) is -0.361. The quantitative estimate of drug-likeness (QED) is 0.561. The Morgan fingerprint density at radius 2 is 2.05 bits per heavy atom. The number of carbonyl (C=O) groups excluding carboxylic acids is 1. The molecule has 0 bridgehead atoms. The first-order valence-corrected chi connectivity index (χ1v) is 6.86. The number of methoxy groups -OCH3 is 1. The van der Waals surface area contributed by atoms with Crippen LogP contribution in [0.15, 0.2) is 36.9 Å². The summed E-state index contributed by atoms with van der Waals surface area (Å²) in [5, 5.41) is 13.6. The average molecular weight is 292 g/mol. The fourth-order valence-corrected chi connectivity index (χ4v) is 1.99. The van der Waals surface area contributed by atoms with E-state index in [2.05, 4.69) is 16.6 Å². The van der Waals surface area contributed by atoms with Crippen LogP contribution in [0.2, 0.25) is 0 Å². The maximum absolute atomic E-state index is 11.5. The Balaban J connectivity index is 2.84. The number of esters is 1. The smallest absolute Gasteiger partial charge is 0.307 e. The second-order valence-electron chi connectivity index (χ2n) is 5.01. The topological polar surface area (TPSA) is 61.8 Å². The zero-order chi connectivity index (χ0) is 15.8. The first-order valence-electron chi connectivity index (χ1n) is 6.86. The summed E-state index contributed by atoms with van der Waals surface area (Å²) in [7, 11) is 5.25. The summed E-state index contributed by atoms with van der Waals surface area (Å²) in [6.07, 6.45) is 0.993. The van der Waals surface area contributed by atoms with Gasteiger partial charge in [0, 0.05) is 32.4 Å². The fraction of sp³-hybridized carbons (Fsp3) is 0.438. The lowest BCUT2D eigenvalue weighted by Crippen LogP contribution is -2.37. The number of aliphatic hydroxyl groups is 1. The van der Waals surface area contributed by atoms with Crippen molar-refractivity contribution < 1.29 is 14.6 Å². The van der Waals surface area contributed by atoms with Gasteiger partial charge in [-0.15, -0.1) is 6.58 Å². The molecule has 0 fully saturated rings. The zero-order valence-corrected chi connectivity index (χ0v) is 12.9. The van der Waals surface area contributed by atoms with Gasteiger partial charge < -0.3 is 20.1 Å². The largest absolute Gasteiger partial charge is 0.469 e. The van der Waals surface area contributed by atoms with Gasteiger partial charge in [0.15, 0.2) is 0 Å². The monoisotopic (exact) mass is 292 g/mol. The third-order valence-corrected chi connectivity index (χ3v) is 3.27. The van der Waals surface area contributed by atoms with E-state index < -0.39 is 12.1 Å². The van der Waals surface area contributed by atoms with Crippen LogP contribution < -0.4 is 10.2 Å². The number of nitrogens with zero attached hydrogens (tertiary/aromatic N) is 1. The number of benzene rings is 1. The second-order valence-corrected chi connectivity index (χ2v) is 5.01. The van der Waals surface area contributed by atoms with Crippen LogP contribution >= 0.6 is 0 Å². The molecule has 2 atom stereocenters. The minimum atomic E-state index is -0.791.